The molecule has 2 aromatic rings. The van der Waals surface area contributed by atoms with Gasteiger partial charge in [0.05, 0.1) is 5.69 Å². The molecule has 0 bridgehead atoms. The number of pyridine rings is 1. The Morgan fingerprint density at radius 2 is 2.07 bits per heavy atom. The van der Waals surface area contributed by atoms with E-state index in [1.807, 2.05) is 22.7 Å². The molecule has 0 fully saturated rings. The molecule has 2 rings (SSSR count). The second kappa shape index (κ2) is 3.23. The van der Waals surface area contributed by atoms with Gasteiger partial charge >= 0.3 is 0 Å². The van der Waals surface area contributed by atoms with Gasteiger partial charge in [0, 0.05) is 23.4 Å². The molecule has 2 N–H and O–H groups in total. The zero-order chi connectivity index (χ0) is 11.2. The van der Waals surface area contributed by atoms with E-state index in [1.54, 1.807) is 0 Å². The van der Waals surface area contributed by atoms with Crippen molar-refractivity contribution in [2.75, 3.05) is 5.73 Å². The maximum atomic E-state index is 5.72. The van der Waals surface area contributed by atoms with E-state index in [9.17, 15) is 0 Å². The van der Waals surface area contributed by atoms with Crippen LogP contribution in [-0.2, 0) is 5.41 Å². The van der Waals surface area contributed by atoms with Crippen LogP contribution in [-0.4, -0.2) is 9.38 Å². The monoisotopic (exact) mass is 267 g/mol. The number of rotatable bonds is 0. The number of aromatic nitrogens is 2. The average molecular weight is 268 g/mol. The van der Waals surface area contributed by atoms with Crippen LogP contribution in [0.4, 0.5) is 5.69 Å². The lowest BCUT2D eigenvalue weighted by molar-refractivity contribution is 0.569. The SMILES string of the molecule is CC(C)(C)c1nc2cc(N)ccn2c1Br. The van der Waals surface area contributed by atoms with Gasteiger partial charge in [-0.1, -0.05) is 20.8 Å². The molecule has 0 unspecified atom stereocenters. The summed E-state index contributed by atoms with van der Waals surface area (Å²) in [6.07, 6.45) is 1.93. The van der Waals surface area contributed by atoms with Gasteiger partial charge in [-0.05, 0) is 22.0 Å². The highest BCUT2D eigenvalue weighted by Gasteiger charge is 2.22. The second-order valence-corrected chi connectivity index (χ2v) is 5.44. The number of hydrogen-bond acceptors (Lipinski definition) is 2. The van der Waals surface area contributed by atoms with E-state index in [4.69, 9.17) is 5.73 Å². The van der Waals surface area contributed by atoms with E-state index >= 15 is 0 Å². The Balaban J connectivity index is 2.75. The first-order valence-corrected chi connectivity index (χ1v) is 5.62. The van der Waals surface area contributed by atoms with Gasteiger partial charge in [0.2, 0.25) is 0 Å². The fourth-order valence-corrected chi connectivity index (χ4v) is 2.49. The molecule has 0 saturated heterocycles. The number of nitrogens with two attached hydrogens (primary N) is 1. The first-order valence-electron chi connectivity index (χ1n) is 4.83. The number of halogens is 1. The van der Waals surface area contributed by atoms with Crippen molar-refractivity contribution in [3.05, 3.63) is 28.6 Å². The molecule has 0 aromatic carbocycles. The van der Waals surface area contributed by atoms with Crippen LogP contribution in [0.1, 0.15) is 26.5 Å². The van der Waals surface area contributed by atoms with Gasteiger partial charge in [0.15, 0.2) is 0 Å². The Kier molecular flexibility index (Phi) is 2.26. The minimum atomic E-state index is 0.0274. The molecule has 0 aliphatic rings. The zero-order valence-corrected chi connectivity index (χ0v) is 10.7. The van der Waals surface area contributed by atoms with Crippen molar-refractivity contribution in [3.8, 4) is 0 Å². The van der Waals surface area contributed by atoms with Crippen molar-refractivity contribution < 1.29 is 0 Å². The van der Waals surface area contributed by atoms with Crippen molar-refractivity contribution in [2.45, 2.75) is 26.2 Å². The van der Waals surface area contributed by atoms with Gasteiger partial charge in [0.25, 0.3) is 0 Å². The number of anilines is 1. The van der Waals surface area contributed by atoms with E-state index in [0.717, 1.165) is 21.6 Å². The number of hydrogen-bond donors (Lipinski definition) is 1. The lowest BCUT2D eigenvalue weighted by Crippen LogP contribution is -2.12. The molecule has 2 aromatic heterocycles. The maximum absolute atomic E-state index is 5.72. The molecule has 0 aliphatic carbocycles. The largest absolute Gasteiger partial charge is 0.399 e. The summed E-state index contributed by atoms with van der Waals surface area (Å²) in [6.45, 7) is 6.43. The molecule has 15 heavy (non-hydrogen) atoms. The summed E-state index contributed by atoms with van der Waals surface area (Å²) in [7, 11) is 0. The van der Waals surface area contributed by atoms with Crippen LogP contribution in [0, 0.1) is 0 Å². The third kappa shape index (κ3) is 1.74. The van der Waals surface area contributed by atoms with Crippen LogP contribution in [0.25, 0.3) is 5.65 Å². The fraction of sp³-hybridized carbons (Fsp3) is 0.364. The molecular weight excluding hydrogens is 254 g/mol. The zero-order valence-electron chi connectivity index (χ0n) is 9.08. The van der Waals surface area contributed by atoms with E-state index in [0.29, 0.717) is 0 Å². The molecule has 0 atom stereocenters. The predicted molar refractivity (Wildman–Crippen MR) is 66.0 cm³/mol. The summed E-state index contributed by atoms with van der Waals surface area (Å²) in [5, 5.41) is 0. The fourth-order valence-electron chi connectivity index (χ4n) is 1.51. The highest BCUT2D eigenvalue weighted by molar-refractivity contribution is 9.10. The highest BCUT2D eigenvalue weighted by atomic mass is 79.9. The normalized spacial score (nSPS) is 12.3. The predicted octanol–water partition coefficient (Wildman–Crippen LogP) is 2.98. The third-order valence-electron chi connectivity index (χ3n) is 2.30. The summed E-state index contributed by atoms with van der Waals surface area (Å²) < 4.78 is 3.00. The molecule has 4 heteroatoms. The van der Waals surface area contributed by atoms with Crippen LogP contribution in [0.2, 0.25) is 0 Å². The molecule has 3 nitrogen and oxygen atoms in total. The van der Waals surface area contributed by atoms with Crippen LogP contribution < -0.4 is 5.73 Å². The smallest absolute Gasteiger partial charge is 0.140 e. The lowest BCUT2D eigenvalue weighted by atomic mass is 9.93. The first kappa shape index (κ1) is 10.5. The van der Waals surface area contributed by atoms with Crippen molar-refractivity contribution >= 4 is 27.3 Å². The summed E-state index contributed by atoms with van der Waals surface area (Å²) >= 11 is 3.57. The van der Waals surface area contributed by atoms with Gasteiger partial charge in [-0.15, -0.1) is 0 Å². The minimum absolute atomic E-state index is 0.0274. The second-order valence-electron chi connectivity index (χ2n) is 4.69. The van der Waals surface area contributed by atoms with Crippen LogP contribution >= 0.6 is 15.9 Å². The van der Waals surface area contributed by atoms with E-state index in [1.165, 1.54) is 0 Å². The van der Waals surface area contributed by atoms with Crippen molar-refractivity contribution in [2.24, 2.45) is 0 Å². The summed E-state index contributed by atoms with van der Waals surface area (Å²) in [5.74, 6) is 0. The molecule has 0 aliphatic heterocycles. The van der Waals surface area contributed by atoms with E-state index in [2.05, 4.69) is 41.7 Å². The number of nitrogens with zero attached hydrogens (tertiary/aromatic N) is 2. The van der Waals surface area contributed by atoms with Crippen molar-refractivity contribution in [3.63, 3.8) is 0 Å². The summed E-state index contributed by atoms with van der Waals surface area (Å²) in [5.41, 5.74) is 8.42. The Labute approximate surface area is 97.4 Å². The summed E-state index contributed by atoms with van der Waals surface area (Å²) in [6, 6.07) is 3.74. The van der Waals surface area contributed by atoms with Crippen molar-refractivity contribution in [1.82, 2.24) is 9.38 Å². The standard InChI is InChI=1S/C11H14BrN3/c1-11(2,3)9-10(12)15-5-4-7(13)6-8(15)14-9/h4-6H,13H2,1-3H3. The van der Waals surface area contributed by atoms with E-state index < -0.39 is 0 Å². The van der Waals surface area contributed by atoms with Gasteiger partial charge in [-0.25, -0.2) is 4.98 Å². The quantitative estimate of drug-likeness (QED) is 0.798. The Morgan fingerprint density at radius 1 is 1.40 bits per heavy atom. The molecule has 0 radical (unpaired) electrons. The maximum Gasteiger partial charge on any atom is 0.140 e. The van der Waals surface area contributed by atoms with Crippen LogP contribution in [0.15, 0.2) is 22.9 Å². The lowest BCUT2D eigenvalue weighted by Gasteiger charge is -2.15. The number of nitrogen functional groups attached to an aromatic ring is 1. The molecule has 80 valence electrons. The number of fused-ring (bicyclic) bond motifs is 1. The Hall–Kier alpha value is -1.03. The van der Waals surface area contributed by atoms with E-state index in [-0.39, 0.29) is 5.41 Å². The molecule has 0 amide bonds. The Morgan fingerprint density at radius 3 is 2.67 bits per heavy atom. The topological polar surface area (TPSA) is 43.3 Å². The number of imidazole rings is 1. The Bertz CT molecular complexity index is 508. The average Bonchev–Trinajstić information content (AvgIpc) is 2.42. The van der Waals surface area contributed by atoms with Gasteiger partial charge in [0.1, 0.15) is 10.3 Å². The molecule has 0 spiro atoms. The molecule has 0 saturated carbocycles. The third-order valence-corrected chi connectivity index (χ3v) is 3.06. The van der Waals surface area contributed by atoms with Crippen LogP contribution in [0.5, 0.6) is 0 Å². The van der Waals surface area contributed by atoms with Crippen molar-refractivity contribution in [1.29, 1.82) is 0 Å². The molecular formula is C11H14BrN3. The first-order chi connectivity index (χ1) is 6.89. The van der Waals surface area contributed by atoms with Crippen LogP contribution in [0.3, 0.4) is 0 Å². The summed E-state index contributed by atoms with van der Waals surface area (Å²) in [4.78, 5) is 4.58. The van der Waals surface area contributed by atoms with Gasteiger partial charge in [-0.3, -0.25) is 4.40 Å². The van der Waals surface area contributed by atoms with Gasteiger partial charge < -0.3 is 5.73 Å². The molecule has 2 heterocycles. The highest BCUT2D eigenvalue weighted by Crippen LogP contribution is 2.30. The van der Waals surface area contributed by atoms with Gasteiger partial charge in [-0.2, -0.15) is 0 Å². The minimum Gasteiger partial charge on any atom is -0.399 e.